The number of nitrogens with zero attached hydrogens (tertiary/aromatic N) is 3. The molecule has 2 N–H and O–H groups in total. The van der Waals surface area contributed by atoms with Crippen molar-refractivity contribution in [3.05, 3.63) is 41.8 Å². The van der Waals surface area contributed by atoms with E-state index < -0.39 is 0 Å². The van der Waals surface area contributed by atoms with E-state index in [1.165, 1.54) is 12.1 Å². The molecule has 1 aliphatic heterocycles. The van der Waals surface area contributed by atoms with Crippen LogP contribution >= 0.6 is 11.8 Å². The maximum atomic E-state index is 12.9. The van der Waals surface area contributed by atoms with Crippen LogP contribution in [0.4, 0.5) is 4.39 Å². The zero-order chi connectivity index (χ0) is 14.7. The number of aromatic nitrogens is 2. The minimum Gasteiger partial charge on any atom is -0.285 e. The first-order valence-electron chi connectivity index (χ1n) is 6.06. The Morgan fingerprint density at radius 2 is 2.19 bits per heavy atom. The number of benzene rings is 1. The number of rotatable bonds is 3. The molecule has 106 valence electrons. The Morgan fingerprint density at radius 1 is 1.38 bits per heavy atom. The van der Waals surface area contributed by atoms with Gasteiger partial charge in [-0.3, -0.25) is 20.3 Å². The summed E-state index contributed by atoms with van der Waals surface area (Å²) in [4.78, 5) is 15.0. The second-order valence-corrected chi connectivity index (χ2v) is 5.22. The van der Waals surface area contributed by atoms with Crippen LogP contribution in [0.5, 0.6) is 0 Å². The molecular formula is C13H10FN5OS. The van der Waals surface area contributed by atoms with Gasteiger partial charge >= 0.3 is 0 Å². The van der Waals surface area contributed by atoms with Gasteiger partial charge in [0, 0.05) is 11.1 Å². The summed E-state index contributed by atoms with van der Waals surface area (Å²) in [7, 11) is 0. The van der Waals surface area contributed by atoms with Gasteiger partial charge in [0.1, 0.15) is 12.4 Å². The second kappa shape index (κ2) is 5.88. The van der Waals surface area contributed by atoms with Crippen LogP contribution in [0.25, 0.3) is 11.3 Å². The summed E-state index contributed by atoms with van der Waals surface area (Å²) in [6.07, 6.45) is 3.17. The summed E-state index contributed by atoms with van der Waals surface area (Å²) in [5.41, 5.74) is 4.98. The lowest BCUT2D eigenvalue weighted by atomic mass is 10.1. The smallest absolute Gasteiger partial charge is 0.218 e. The fraction of sp³-hybridized carbons (Fsp3) is 0.0769. The van der Waals surface area contributed by atoms with Gasteiger partial charge in [-0.25, -0.2) is 4.39 Å². The molecule has 1 aromatic carbocycles. The number of hydrogen-bond acceptors (Lipinski definition) is 6. The lowest BCUT2D eigenvalue weighted by Crippen LogP contribution is -2.11. The van der Waals surface area contributed by atoms with Crippen LogP contribution in [0.3, 0.4) is 0 Å². The highest BCUT2D eigenvalue weighted by atomic mass is 32.2. The zero-order valence-corrected chi connectivity index (χ0v) is 11.5. The van der Waals surface area contributed by atoms with Gasteiger partial charge in [-0.1, -0.05) is 0 Å². The summed E-state index contributed by atoms with van der Waals surface area (Å²) in [6.45, 7) is 0.176. The number of hydrazone groups is 1. The highest BCUT2D eigenvalue weighted by molar-refractivity contribution is 8.26. The van der Waals surface area contributed by atoms with Crippen molar-refractivity contribution in [2.75, 3.05) is 6.54 Å². The second-order valence-electron chi connectivity index (χ2n) is 4.17. The first kappa shape index (κ1) is 13.5. The molecule has 0 fully saturated rings. The van der Waals surface area contributed by atoms with Crippen LogP contribution < -0.4 is 5.43 Å². The van der Waals surface area contributed by atoms with Gasteiger partial charge in [-0.2, -0.15) is 10.2 Å². The first-order valence-corrected chi connectivity index (χ1v) is 6.87. The van der Waals surface area contributed by atoms with E-state index in [1.807, 2.05) is 0 Å². The molecule has 0 atom stereocenters. The van der Waals surface area contributed by atoms with Crippen LogP contribution in [0, 0.1) is 5.82 Å². The lowest BCUT2D eigenvalue weighted by Gasteiger charge is -2.00. The summed E-state index contributed by atoms with van der Waals surface area (Å²) >= 11 is 1.03. The van der Waals surface area contributed by atoms with Crippen LogP contribution in [-0.4, -0.2) is 33.2 Å². The Morgan fingerprint density at radius 3 is 2.90 bits per heavy atom. The zero-order valence-electron chi connectivity index (χ0n) is 10.7. The number of H-pyrrole nitrogens is 1. The molecule has 1 aromatic heterocycles. The van der Waals surface area contributed by atoms with Crippen LogP contribution in [-0.2, 0) is 4.79 Å². The first-order chi connectivity index (χ1) is 10.2. The molecule has 0 saturated heterocycles. The van der Waals surface area contributed by atoms with Crippen molar-refractivity contribution in [2.24, 2.45) is 10.1 Å². The molecule has 1 aliphatic rings. The molecule has 0 saturated carbocycles. The summed E-state index contributed by atoms with van der Waals surface area (Å²) in [5.74, 6) is -0.295. The lowest BCUT2D eigenvalue weighted by molar-refractivity contribution is -0.109. The highest BCUT2D eigenvalue weighted by Gasteiger charge is 2.14. The predicted octanol–water partition coefficient (Wildman–Crippen LogP) is 1.77. The highest BCUT2D eigenvalue weighted by Crippen LogP contribution is 2.20. The average molecular weight is 303 g/mol. The SMILES string of the molecule is O=C1CN=C(N/N=C\c2cn[nH]c2-c2ccc(F)cc2)S1. The molecule has 3 rings (SSSR count). The van der Waals surface area contributed by atoms with Crippen LogP contribution in [0.2, 0.25) is 0 Å². The summed E-state index contributed by atoms with van der Waals surface area (Å²) in [6, 6.07) is 6.07. The van der Waals surface area contributed by atoms with Crippen molar-refractivity contribution in [1.82, 2.24) is 15.6 Å². The van der Waals surface area contributed by atoms with Gasteiger partial charge in [0.2, 0.25) is 5.12 Å². The Kier molecular flexibility index (Phi) is 3.78. The predicted molar refractivity (Wildman–Crippen MR) is 79.6 cm³/mol. The van der Waals surface area contributed by atoms with E-state index in [2.05, 4.69) is 25.7 Å². The number of amidine groups is 1. The third kappa shape index (κ3) is 3.16. The Labute approximate surface area is 123 Å². The number of aliphatic imine (C=N–C) groups is 1. The van der Waals surface area contributed by atoms with Gasteiger partial charge in [-0.15, -0.1) is 0 Å². The number of aromatic amines is 1. The maximum Gasteiger partial charge on any atom is 0.218 e. The molecule has 21 heavy (non-hydrogen) atoms. The minimum absolute atomic E-state index is 0.0111. The van der Waals surface area contributed by atoms with Crippen molar-refractivity contribution in [2.45, 2.75) is 0 Å². The maximum absolute atomic E-state index is 12.9. The van der Waals surface area contributed by atoms with Crippen molar-refractivity contribution < 1.29 is 9.18 Å². The molecule has 2 aromatic rings. The van der Waals surface area contributed by atoms with Gasteiger partial charge < -0.3 is 0 Å². The van der Waals surface area contributed by atoms with E-state index in [0.29, 0.717) is 5.17 Å². The van der Waals surface area contributed by atoms with Crippen LogP contribution in [0.1, 0.15) is 5.56 Å². The number of hydrogen-bond donors (Lipinski definition) is 2. The van der Waals surface area contributed by atoms with Gasteiger partial charge in [0.05, 0.1) is 18.1 Å². The molecular weight excluding hydrogens is 293 g/mol. The van der Waals surface area contributed by atoms with Crippen molar-refractivity contribution in [3.8, 4) is 11.3 Å². The van der Waals surface area contributed by atoms with Gasteiger partial charge in [-0.05, 0) is 36.0 Å². The molecule has 0 unspecified atom stereocenters. The number of halogens is 1. The fourth-order valence-corrected chi connectivity index (χ4v) is 2.34. The summed E-state index contributed by atoms with van der Waals surface area (Å²) in [5, 5.41) is 11.3. The molecule has 6 nitrogen and oxygen atoms in total. The van der Waals surface area contributed by atoms with E-state index in [1.54, 1.807) is 24.5 Å². The number of thioether (sulfide) groups is 1. The van der Waals surface area contributed by atoms with Gasteiger partial charge in [0.25, 0.3) is 0 Å². The van der Waals surface area contributed by atoms with Gasteiger partial charge in [0.15, 0.2) is 5.17 Å². The third-order valence-corrected chi connectivity index (χ3v) is 3.50. The largest absolute Gasteiger partial charge is 0.285 e. The Bertz CT molecular complexity index is 722. The monoisotopic (exact) mass is 303 g/mol. The fourth-order valence-electron chi connectivity index (χ4n) is 1.77. The molecule has 0 amide bonds. The standard InChI is InChI=1S/C13H10FN5OS/c14-10-3-1-8(2-4-10)12-9(5-16-18-12)6-17-19-13-15-7-11(20)21-13/h1-6H,7H2,(H,15,19)(H,16,18)/b17-6-. The normalized spacial score (nSPS) is 14.7. The van der Waals surface area contributed by atoms with Crippen molar-refractivity contribution >= 4 is 28.3 Å². The molecule has 0 radical (unpaired) electrons. The quantitative estimate of drug-likeness (QED) is 0.669. The number of nitrogens with one attached hydrogen (secondary N) is 2. The Hall–Kier alpha value is -2.48. The molecule has 0 spiro atoms. The molecule has 8 heteroatoms. The van der Waals surface area contributed by atoms with E-state index >= 15 is 0 Å². The van der Waals surface area contributed by atoms with Crippen LogP contribution in [0.15, 0.2) is 40.6 Å². The minimum atomic E-state index is -0.295. The van der Waals surface area contributed by atoms with E-state index in [-0.39, 0.29) is 17.5 Å². The summed E-state index contributed by atoms with van der Waals surface area (Å²) < 4.78 is 12.9. The molecule has 0 bridgehead atoms. The number of carbonyl (C=O) groups is 1. The topological polar surface area (TPSA) is 82.5 Å². The average Bonchev–Trinajstić information content (AvgIpc) is 3.09. The molecule has 2 heterocycles. The Balaban J connectivity index is 1.73. The van der Waals surface area contributed by atoms with E-state index in [0.717, 1.165) is 28.6 Å². The van der Waals surface area contributed by atoms with E-state index in [4.69, 9.17) is 0 Å². The molecule has 0 aliphatic carbocycles. The van der Waals surface area contributed by atoms with Crippen molar-refractivity contribution in [3.63, 3.8) is 0 Å². The van der Waals surface area contributed by atoms with Crippen molar-refractivity contribution in [1.29, 1.82) is 0 Å². The number of carbonyl (C=O) groups excluding carboxylic acids is 1. The van der Waals surface area contributed by atoms with E-state index in [9.17, 15) is 9.18 Å². The third-order valence-electron chi connectivity index (χ3n) is 2.73.